The SMILES string of the molecule is CS(=O)(=O)[O-].Nc1ccccc1-c1[c-]cccc1.[Pd+2].c1ccc(P(c2ccccc2)c2cccc3c2Oc2c(cccc2P(c2ccccc2)c2ccccc2)N3)cc1. The summed E-state index contributed by atoms with van der Waals surface area (Å²) in [5.41, 5.74) is 10.7. The van der Waals surface area contributed by atoms with E-state index >= 15 is 0 Å². The van der Waals surface area contributed by atoms with E-state index in [4.69, 9.17) is 23.4 Å². The first-order valence-corrected chi connectivity index (χ1v) is 23.0. The summed E-state index contributed by atoms with van der Waals surface area (Å²) in [7, 11) is -5.56. The fourth-order valence-electron chi connectivity index (χ4n) is 6.53. The smallest absolute Gasteiger partial charge is 0.748 e. The number of nitrogens with two attached hydrogens (primary N) is 1. The van der Waals surface area contributed by atoms with Crippen LogP contribution in [0.5, 0.6) is 11.5 Å². The molecule has 1 aliphatic rings. The zero-order chi connectivity index (χ0) is 40.3. The zero-order valence-electron chi connectivity index (χ0n) is 32.0. The molecule has 3 N–H and O–H groups in total. The Bertz CT molecular complexity index is 2460. The second-order valence-electron chi connectivity index (χ2n) is 13.1. The summed E-state index contributed by atoms with van der Waals surface area (Å²) >= 11 is 0. The van der Waals surface area contributed by atoms with Gasteiger partial charge in [-0.1, -0.05) is 157 Å². The number of fused-ring (bicyclic) bond motifs is 2. The van der Waals surface area contributed by atoms with Crippen molar-refractivity contribution in [2.24, 2.45) is 0 Å². The Labute approximate surface area is 363 Å². The van der Waals surface area contributed by atoms with Crippen molar-refractivity contribution in [3.8, 4) is 22.6 Å². The predicted octanol–water partition coefficient (Wildman–Crippen LogP) is 8.95. The molecule has 0 atom stereocenters. The van der Waals surface area contributed by atoms with Crippen LogP contribution >= 0.6 is 15.8 Å². The summed E-state index contributed by atoms with van der Waals surface area (Å²) in [5.74, 6) is 1.83. The van der Waals surface area contributed by atoms with E-state index < -0.39 is 26.0 Å². The predicted molar refractivity (Wildman–Crippen MR) is 244 cm³/mol. The molecule has 0 fully saturated rings. The van der Waals surface area contributed by atoms with Gasteiger partial charge in [0.05, 0.1) is 21.5 Å². The molecule has 1 heterocycles. The number of anilines is 3. The average Bonchev–Trinajstić information content (AvgIpc) is 3.25. The number of nitrogens with one attached hydrogen (secondary N) is 1. The van der Waals surface area contributed by atoms with Crippen LogP contribution in [0.4, 0.5) is 17.1 Å². The Kier molecular flexibility index (Phi) is 15.0. The number of hydrogen-bond donors (Lipinski definition) is 2. The normalized spacial score (nSPS) is 11.2. The Morgan fingerprint density at radius 1 is 0.525 bits per heavy atom. The molecule has 0 unspecified atom stereocenters. The maximum absolute atomic E-state index is 9.08. The molecule has 0 bridgehead atoms. The van der Waals surface area contributed by atoms with Crippen molar-refractivity contribution in [3.63, 3.8) is 0 Å². The number of rotatable bonds is 7. The second-order valence-corrected chi connectivity index (χ2v) is 18.9. The minimum atomic E-state index is -3.92. The molecule has 9 rings (SSSR count). The number of para-hydroxylation sites is 3. The van der Waals surface area contributed by atoms with Gasteiger partial charge >= 0.3 is 20.4 Å². The molecule has 0 aromatic heterocycles. The summed E-state index contributed by atoms with van der Waals surface area (Å²) in [5, 5.41) is 11.4. The summed E-state index contributed by atoms with van der Waals surface area (Å²) in [6.07, 6.45) is 0.604. The quantitative estimate of drug-likeness (QED) is 0.0545. The third-order valence-electron chi connectivity index (χ3n) is 8.96. The Morgan fingerprint density at radius 3 is 1.27 bits per heavy atom. The third kappa shape index (κ3) is 11.2. The molecule has 0 radical (unpaired) electrons. The van der Waals surface area contributed by atoms with E-state index in [9.17, 15) is 0 Å². The summed E-state index contributed by atoms with van der Waals surface area (Å²) in [4.78, 5) is 0. The Morgan fingerprint density at radius 2 is 0.898 bits per heavy atom. The maximum Gasteiger partial charge on any atom is 2.00 e. The van der Waals surface area contributed by atoms with Crippen LogP contribution in [-0.2, 0) is 30.5 Å². The van der Waals surface area contributed by atoms with Crippen molar-refractivity contribution in [1.29, 1.82) is 0 Å². The molecule has 296 valence electrons. The van der Waals surface area contributed by atoms with Crippen molar-refractivity contribution >= 4 is 74.9 Å². The molecule has 1 aliphatic heterocycles. The van der Waals surface area contributed by atoms with Gasteiger partial charge in [0.2, 0.25) is 0 Å². The number of hydrogen-bond acceptors (Lipinski definition) is 6. The van der Waals surface area contributed by atoms with E-state index in [1.807, 2.05) is 48.5 Å². The van der Waals surface area contributed by atoms with Crippen molar-refractivity contribution in [2.75, 3.05) is 17.3 Å². The first-order chi connectivity index (χ1) is 28.2. The topological polar surface area (TPSA) is 104 Å². The molecule has 0 saturated carbocycles. The van der Waals surface area contributed by atoms with Crippen LogP contribution in [0.25, 0.3) is 11.1 Å². The van der Waals surface area contributed by atoms with Gasteiger partial charge < -0.3 is 20.3 Å². The minimum Gasteiger partial charge on any atom is -0.748 e. The molecule has 8 aromatic rings. The maximum atomic E-state index is 9.08. The van der Waals surface area contributed by atoms with Gasteiger partial charge in [0.1, 0.15) is 0 Å². The van der Waals surface area contributed by atoms with Crippen molar-refractivity contribution in [2.45, 2.75) is 0 Å². The van der Waals surface area contributed by atoms with Crippen LogP contribution in [0.15, 0.2) is 206 Å². The first-order valence-electron chi connectivity index (χ1n) is 18.5. The van der Waals surface area contributed by atoms with Gasteiger partial charge in [0, 0.05) is 16.9 Å². The fraction of sp³-hybridized carbons (Fsp3) is 0.0204. The molecule has 0 amide bonds. The van der Waals surface area contributed by atoms with Gasteiger partial charge in [-0.3, -0.25) is 0 Å². The monoisotopic (exact) mass is 920 g/mol. The van der Waals surface area contributed by atoms with Crippen LogP contribution in [0.2, 0.25) is 0 Å². The first kappa shape index (κ1) is 43.2. The van der Waals surface area contributed by atoms with Crippen LogP contribution in [-0.4, -0.2) is 19.2 Å². The van der Waals surface area contributed by atoms with E-state index in [1.165, 1.54) is 31.8 Å². The molecule has 0 saturated heterocycles. The minimum absolute atomic E-state index is 0. The van der Waals surface area contributed by atoms with Gasteiger partial charge in [-0.2, -0.15) is 0 Å². The largest absolute Gasteiger partial charge is 2.00 e. The standard InChI is InChI=1S/C36H27NOP2.C12H10N.CH4O3S.Pd/c1-5-15-27(16-6-1)39(28-17-7-2-8-18-28)33-25-13-23-31-35(33)38-36-32(37-31)24-14-26-34(36)40(29-19-9-3-10-20-29)30-21-11-4-12-22-30;13-12-9-5-4-8-11(12)10-6-2-1-3-7-10;1-5(2,3)4;/h1-26,37H;1-6,8-9H,13H2;1H3,(H,2,3,4);/q;-1;;+2/p-1. The summed E-state index contributed by atoms with van der Waals surface area (Å²) in [6, 6.07) is 75.0. The zero-order valence-corrected chi connectivity index (χ0v) is 36.1. The van der Waals surface area contributed by atoms with E-state index in [-0.39, 0.29) is 20.4 Å². The van der Waals surface area contributed by atoms with Crippen molar-refractivity contribution in [3.05, 3.63) is 212 Å². The van der Waals surface area contributed by atoms with E-state index in [0.29, 0.717) is 6.26 Å². The summed E-state index contributed by atoms with van der Waals surface area (Å²) < 4.78 is 34.3. The Balaban J connectivity index is 0.000000256. The summed E-state index contributed by atoms with van der Waals surface area (Å²) in [6.45, 7) is 0. The van der Waals surface area contributed by atoms with Gasteiger partial charge in [-0.15, -0.1) is 35.9 Å². The van der Waals surface area contributed by atoms with E-state index in [2.05, 4.69) is 169 Å². The molecule has 6 nitrogen and oxygen atoms in total. The van der Waals surface area contributed by atoms with Crippen LogP contribution in [0.3, 0.4) is 0 Å². The molecule has 0 aliphatic carbocycles. The molecular weight excluding hydrogens is 881 g/mol. The third-order valence-corrected chi connectivity index (χ3v) is 13.9. The van der Waals surface area contributed by atoms with Crippen molar-refractivity contribution < 1.29 is 38.1 Å². The molecule has 0 spiro atoms. The molecule has 8 aromatic carbocycles. The van der Waals surface area contributed by atoms with E-state index in [0.717, 1.165) is 39.7 Å². The van der Waals surface area contributed by atoms with Gasteiger partial charge in [-0.25, -0.2) is 8.42 Å². The van der Waals surface area contributed by atoms with Crippen LogP contribution in [0.1, 0.15) is 0 Å². The van der Waals surface area contributed by atoms with Gasteiger partial charge in [0.25, 0.3) is 0 Å². The van der Waals surface area contributed by atoms with E-state index in [1.54, 1.807) is 0 Å². The number of benzene rings is 8. The number of ether oxygens (including phenoxy) is 1. The van der Waals surface area contributed by atoms with Gasteiger partial charge in [-0.05, 0) is 73.1 Å². The molecule has 59 heavy (non-hydrogen) atoms. The van der Waals surface area contributed by atoms with Gasteiger partial charge in [0.15, 0.2) is 11.5 Å². The molecular formula is C49H40N2O4P2PdS. The van der Waals surface area contributed by atoms with Crippen LogP contribution in [0, 0.1) is 6.07 Å². The van der Waals surface area contributed by atoms with Crippen molar-refractivity contribution in [1.82, 2.24) is 0 Å². The average molecular weight is 921 g/mol. The molecule has 10 heteroatoms. The second kappa shape index (κ2) is 20.5. The fourth-order valence-corrected chi connectivity index (χ4v) is 11.3. The Hall–Kier alpha value is -5.41. The number of nitrogen functional groups attached to an aromatic ring is 1. The van der Waals surface area contributed by atoms with Crippen LogP contribution < -0.4 is 47.6 Å².